The van der Waals surface area contributed by atoms with E-state index in [9.17, 15) is 9.59 Å². The highest BCUT2D eigenvalue weighted by Gasteiger charge is 2.01. The Morgan fingerprint density at radius 1 is 0.533 bits per heavy atom. The van der Waals surface area contributed by atoms with Gasteiger partial charge in [-0.15, -0.1) is 0 Å². The van der Waals surface area contributed by atoms with Gasteiger partial charge in [0.1, 0.15) is 6.61 Å². The van der Waals surface area contributed by atoms with Crippen molar-refractivity contribution in [3.05, 3.63) is 12.2 Å². The van der Waals surface area contributed by atoms with Gasteiger partial charge in [-0.05, 0) is 13.3 Å². The van der Waals surface area contributed by atoms with E-state index in [0.717, 1.165) is 25.0 Å². The molecule has 0 aromatic heterocycles. The molecule has 0 saturated heterocycles. The largest absolute Gasteiger partial charge is 0.463 e. The maximum Gasteiger partial charge on any atom is 0.331 e. The molecule has 0 aromatic carbocycles. The van der Waals surface area contributed by atoms with Crippen molar-refractivity contribution in [3.63, 3.8) is 0 Å². The number of carbonyl (C=O) groups excluding carboxylic acids is 2. The Morgan fingerprint density at radius 2 is 0.933 bits per heavy atom. The Morgan fingerprint density at radius 3 is 1.37 bits per heavy atom. The van der Waals surface area contributed by atoms with Crippen molar-refractivity contribution in [2.75, 3.05) is 26.4 Å². The summed E-state index contributed by atoms with van der Waals surface area (Å²) in [4.78, 5) is 22.9. The summed E-state index contributed by atoms with van der Waals surface area (Å²) in [6.45, 7) is 5.67. The molecule has 0 aliphatic carbocycles. The highest BCUT2D eigenvalue weighted by molar-refractivity contribution is 5.91. The summed E-state index contributed by atoms with van der Waals surface area (Å²) in [5.74, 6) is -1.05. The molecule has 5 heteroatoms. The Balaban J connectivity index is 3.30. The van der Waals surface area contributed by atoms with Gasteiger partial charge in [-0.3, -0.25) is 0 Å². The summed E-state index contributed by atoms with van der Waals surface area (Å²) < 4.78 is 15.0. The van der Waals surface area contributed by atoms with Crippen molar-refractivity contribution in [1.29, 1.82) is 0 Å². The molecular weight excluding hydrogens is 380 g/mol. The van der Waals surface area contributed by atoms with Gasteiger partial charge in [-0.2, -0.15) is 0 Å². The van der Waals surface area contributed by atoms with Crippen LogP contribution in [0.15, 0.2) is 12.2 Å². The van der Waals surface area contributed by atoms with E-state index in [1.54, 1.807) is 0 Å². The van der Waals surface area contributed by atoms with Gasteiger partial charge in [0.2, 0.25) is 0 Å². The molecule has 0 rings (SSSR count). The minimum atomic E-state index is -0.557. The third kappa shape index (κ3) is 22.9. The molecule has 0 radical (unpaired) electrons. The van der Waals surface area contributed by atoms with E-state index in [0.29, 0.717) is 19.8 Å². The minimum absolute atomic E-state index is 0.186. The quantitative estimate of drug-likeness (QED) is 0.112. The molecule has 0 atom stereocenters. The molecular formula is C25H46O5. The molecule has 0 spiro atoms. The van der Waals surface area contributed by atoms with E-state index >= 15 is 0 Å². The Labute approximate surface area is 184 Å². The number of hydrogen-bond acceptors (Lipinski definition) is 5. The van der Waals surface area contributed by atoms with Crippen LogP contribution in [-0.4, -0.2) is 38.4 Å². The van der Waals surface area contributed by atoms with Crippen LogP contribution in [0.4, 0.5) is 0 Å². The molecule has 30 heavy (non-hydrogen) atoms. The molecule has 0 aromatic rings. The van der Waals surface area contributed by atoms with Crippen molar-refractivity contribution in [3.8, 4) is 0 Å². The van der Waals surface area contributed by atoms with Crippen LogP contribution in [0.3, 0.4) is 0 Å². The third-order valence-electron chi connectivity index (χ3n) is 5.02. The summed E-state index contributed by atoms with van der Waals surface area (Å²) in [5, 5.41) is 0. The lowest BCUT2D eigenvalue weighted by Gasteiger charge is -2.04. The van der Waals surface area contributed by atoms with Crippen molar-refractivity contribution in [2.45, 2.75) is 110 Å². The van der Waals surface area contributed by atoms with E-state index in [1.165, 1.54) is 83.5 Å². The predicted molar refractivity (Wildman–Crippen MR) is 122 cm³/mol. The zero-order valence-corrected chi connectivity index (χ0v) is 19.6. The minimum Gasteiger partial charge on any atom is -0.463 e. The number of hydrogen-bond donors (Lipinski definition) is 0. The monoisotopic (exact) mass is 426 g/mol. The van der Waals surface area contributed by atoms with Crippen LogP contribution in [0.5, 0.6) is 0 Å². The van der Waals surface area contributed by atoms with Gasteiger partial charge < -0.3 is 14.2 Å². The van der Waals surface area contributed by atoms with E-state index in [1.807, 2.05) is 6.92 Å². The topological polar surface area (TPSA) is 61.8 Å². The maximum absolute atomic E-state index is 11.5. The summed E-state index contributed by atoms with van der Waals surface area (Å²) in [6.07, 6.45) is 21.8. The first kappa shape index (κ1) is 28.6. The van der Waals surface area contributed by atoms with Crippen LogP contribution < -0.4 is 0 Å². The van der Waals surface area contributed by atoms with E-state index < -0.39 is 11.9 Å². The fourth-order valence-corrected chi connectivity index (χ4v) is 3.22. The number of rotatable bonds is 22. The first-order chi connectivity index (χ1) is 14.7. The fourth-order valence-electron chi connectivity index (χ4n) is 3.22. The van der Waals surface area contributed by atoms with Gasteiger partial charge in [-0.25, -0.2) is 9.59 Å². The van der Waals surface area contributed by atoms with Crippen molar-refractivity contribution in [2.24, 2.45) is 0 Å². The Hall–Kier alpha value is -1.36. The van der Waals surface area contributed by atoms with Crippen LogP contribution in [0.2, 0.25) is 0 Å². The lowest BCUT2D eigenvalue weighted by atomic mass is 10.0. The highest BCUT2D eigenvalue weighted by Crippen LogP contribution is 2.13. The summed E-state index contributed by atoms with van der Waals surface area (Å²) >= 11 is 0. The average Bonchev–Trinajstić information content (AvgIpc) is 2.75. The highest BCUT2D eigenvalue weighted by atomic mass is 16.6. The van der Waals surface area contributed by atoms with Gasteiger partial charge in [0.25, 0.3) is 0 Å². The molecule has 176 valence electrons. The third-order valence-corrected chi connectivity index (χ3v) is 5.02. The van der Waals surface area contributed by atoms with E-state index in [2.05, 4.69) is 6.92 Å². The zero-order valence-electron chi connectivity index (χ0n) is 19.6. The lowest BCUT2D eigenvalue weighted by molar-refractivity contribution is -0.141. The smallest absolute Gasteiger partial charge is 0.331 e. The summed E-state index contributed by atoms with van der Waals surface area (Å²) in [5.41, 5.74) is 0. The lowest BCUT2D eigenvalue weighted by Crippen LogP contribution is -2.09. The number of carbonyl (C=O) groups is 2. The van der Waals surface area contributed by atoms with Crippen molar-refractivity contribution in [1.82, 2.24) is 0 Å². The van der Waals surface area contributed by atoms with Gasteiger partial charge in [-0.1, -0.05) is 96.8 Å². The fraction of sp³-hybridized carbons (Fsp3) is 0.840. The predicted octanol–water partition coefficient (Wildman–Crippen LogP) is 6.54. The molecule has 0 bridgehead atoms. The van der Waals surface area contributed by atoms with Gasteiger partial charge in [0.15, 0.2) is 0 Å². The SMILES string of the molecule is CCCCCCCCCCCCCCCCCOC(=O)/C=C/C(=O)OCCOCC. The maximum atomic E-state index is 11.5. The second-order valence-electron chi connectivity index (χ2n) is 7.81. The molecule has 0 N–H and O–H groups in total. The van der Waals surface area contributed by atoms with Crippen LogP contribution in [0.1, 0.15) is 110 Å². The van der Waals surface area contributed by atoms with Crippen LogP contribution in [0, 0.1) is 0 Å². The number of esters is 2. The molecule has 0 amide bonds. The standard InChI is InChI=1S/C25H46O5/c1-3-5-6-7-8-9-10-11-12-13-14-15-16-17-18-21-29-24(26)19-20-25(27)30-23-22-28-4-2/h19-20H,3-18,21-23H2,1-2H3/b20-19+. The second-order valence-corrected chi connectivity index (χ2v) is 7.81. The van der Waals surface area contributed by atoms with Crippen LogP contribution >= 0.6 is 0 Å². The van der Waals surface area contributed by atoms with E-state index in [-0.39, 0.29) is 6.61 Å². The zero-order chi connectivity index (χ0) is 22.1. The second kappa shape index (κ2) is 23.9. The molecule has 5 nitrogen and oxygen atoms in total. The van der Waals surface area contributed by atoms with Crippen molar-refractivity contribution >= 4 is 11.9 Å². The van der Waals surface area contributed by atoms with Crippen LogP contribution in [0.25, 0.3) is 0 Å². The molecule has 0 saturated carbocycles. The van der Waals surface area contributed by atoms with Gasteiger partial charge in [0.05, 0.1) is 13.2 Å². The molecule has 0 aliphatic heterocycles. The van der Waals surface area contributed by atoms with Gasteiger partial charge in [0, 0.05) is 18.8 Å². The summed E-state index contributed by atoms with van der Waals surface area (Å²) in [6, 6.07) is 0. The average molecular weight is 427 g/mol. The molecule has 0 unspecified atom stereocenters. The molecule has 0 heterocycles. The van der Waals surface area contributed by atoms with Crippen molar-refractivity contribution < 1.29 is 23.8 Å². The number of unbranched alkanes of at least 4 members (excludes halogenated alkanes) is 14. The first-order valence-corrected chi connectivity index (χ1v) is 12.3. The van der Waals surface area contributed by atoms with Gasteiger partial charge >= 0.3 is 11.9 Å². The van der Waals surface area contributed by atoms with E-state index in [4.69, 9.17) is 14.2 Å². The Kier molecular flexibility index (Phi) is 22.8. The Bertz CT molecular complexity index is 420. The summed E-state index contributed by atoms with van der Waals surface area (Å²) in [7, 11) is 0. The van der Waals surface area contributed by atoms with Crippen LogP contribution in [-0.2, 0) is 23.8 Å². The molecule has 0 aliphatic rings. The molecule has 0 fully saturated rings. The normalized spacial score (nSPS) is 11.1. The first-order valence-electron chi connectivity index (χ1n) is 12.3. The number of ether oxygens (including phenoxy) is 3.